The average Bonchev–Trinajstić information content (AvgIpc) is 3.68. The summed E-state index contributed by atoms with van der Waals surface area (Å²) < 4.78 is 53.4. The molecule has 0 aliphatic heterocycles. The van der Waals surface area contributed by atoms with Crippen LogP contribution >= 0.6 is 0 Å². The zero-order valence-electron chi connectivity index (χ0n) is 24.8. The topological polar surface area (TPSA) is 146 Å². The number of fused-ring (bicyclic) bond motifs is 2. The van der Waals surface area contributed by atoms with Crippen molar-refractivity contribution in [2.45, 2.75) is 6.42 Å². The van der Waals surface area contributed by atoms with Crippen LogP contribution in [-0.2, 0) is 16.3 Å². The number of sulfone groups is 1. The number of halogens is 2. The summed E-state index contributed by atoms with van der Waals surface area (Å²) in [6, 6.07) is 19.6. The predicted octanol–water partition coefficient (Wildman–Crippen LogP) is 6.35. The fourth-order valence-electron chi connectivity index (χ4n) is 5.38. The molecule has 0 radical (unpaired) electrons. The number of amides is 1. The molecule has 1 amide bonds. The van der Waals surface area contributed by atoms with Gasteiger partial charge in [-0.25, -0.2) is 22.2 Å². The summed E-state index contributed by atoms with van der Waals surface area (Å²) in [5.41, 5.74) is 4.87. The van der Waals surface area contributed by atoms with Gasteiger partial charge in [0, 0.05) is 40.7 Å². The number of benzene rings is 3. The molecule has 0 spiro atoms. The minimum absolute atomic E-state index is 0.118. The van der Waals surface area contributed by atoms with Crippen LogP contribution in [0, 0.1) is 11.6 Å². The van der Waals surface area contributed by atoms with Crippen LogP contribution in [0.1, 0.15) is 15.9 Å². The van der Waals surface area contributed by atoms with Crippen molar-refractivity contribution in [3.63, 3.8) is 0 Å². The summed E-state index contributed by atoms with van der Waals surface area (Å²) >= 11 is 0. The van der Waals surface area contributed by atoms with Crippen molar-refractivity contribution < 1.29 is 22.0 Å². The monoisotopic (exact) mass is 649 g/mol. The fourth-order valence-corrected chi connectivity index (χ4v) is 5.99. The first-order chi connectivity index (χ1) is 22.6. The van der Waals surface area contributed by atoms with Gasteiger partial charge in [0.25, 0.3) is 5.91 Å². The van der Waals surface area contributed by atoms with Gasteiger partial charge in [0.1, 0.15) is 38.2 Å². The average molecular weight is 650 g/mol. The number of aromatic nitrogens is 6. The van der Waals surface area contributed by atoms with Gasteiger partial charge < -0.3 is 10.3 Å². The molecule has 0 saturated heterocycles. The molecule has 0 unspecified atom stereocenters. The molecular formula is C34H25F2N7O3S. The van der Waals surface area contributed by atoms with Crippen molar-refractivity contribution in [1.82, 2.24) is 30.1 Å². The second-order valence-corrected chi connectivity index (χ2v) is 13.4. The van der Waals surface area contributed by atoms with E-state index in [4.69, 9.17) is 4.98 Å². The zero-order chi connectivity index (χ0) is 32.7. The molecular weight excluding hydrogens is 624 g/mol. The molecule has 0 saturated carbocycles. The lowest BCUT2D eigenvalue weighted by atomic mass is 10.0. The Balaban J connectivity index is 1.25. The van der Waals surface area contributed by atoms with Crippen LogP contribution in [0.25, 0.3) is 55.8 Å². The lowest BCUT2D eigenvalue weighted by molar-refractivity contribution is 0.102. The van der Waals surface area contributed by atoms with E-state index < -0.39 is 21.5 Å². The van der Waals surface area contributed by atoms with Crippen LogP contribution in [0.2, 0.25) is 0 Å². The van der Waals surface area contributed by atoms with E-state index in [2.05, 4.69) is 30.5 Å². The van der Waals surface area contributed by atoms with Crippen molar-refractivity contribution in [2.24, 2.45) is 0 Å². The number of anilines is 1. The summed E-state index contributed by atoms with van der Waals surface area (Å²) in [4.78, 5) is 29.3. The van der Waals surface area contributed by atoms with E-state index in [1.165, 1.54) is 24.4 Å². The zero-order valence-corrected chi connectivity index (χ0v) is 25.6. The molecule has 4 heterocycles. The molecule has 7 rings (SSSR count). The largest absolute Gasteiger partial charge is 0.336 e. The highest BCUT2D eigenvalue weighted by molar-refractivity contribution is 7.90. The van der Waals surface area contributed by atoms with Crippen molar-refractivity contribution in [2.75, 3.05) is 17.3 Å². The number of aromatic amines is 2. The Hall–Kier alpha value is -5.82. The first-order valence-electron chi connectivity index (χ1n) is 14.4. The first kappa shape index (κ1) is 29.9. The van der Waals surface area contributed by atoms with Gasteiger partial charge in [-0.1, -0.05) is 18.2 Å². The Morgan fingerprint density at radius 1 is 0.915 bits per heavy atom. The Kier molecular flexibility index (Phi) is 7.52. The lowest BCUT2D eigenvalue weighted by Gasteiger charge is -2.08. The van der Waals surface area contributed by atoms with Gasteiger partial charge >= 0.3 is 0 Å². The first-order valence-corrected chi connectivity index (χ1v) is 16.5. The molecule has 7 aromatic rings. The van der Waals surface area contributed by atoms with Gasteiger partial charge in [0.2, 0.25) is 0 Å². The molecule has 0 fully saturated rings. The number of hydrogen-bond donors (Lipinski definition) is 3. The van der Waals surface area contributed by atoms with Crippen LogP contribution in [0.5, 0.6) is 0 Å². The highest BCUT2D eigenvalue weighted by Gasteiger charge is 2.19. The summed E-state index contributed by atoms with van der Waals surface area (Å²) in [5, 5.41) is 10.4. The van der Waals surface area contributed by atoms with E-state index >= 15 is 4.39 Å². The molecule has 0 bridgehead atoms. The van der Waals surface area contributed by atoms with Crippen molar-refractivity contribution >= 4 is 43.4 Å². The standard InChI is InChI=1S/C34H25F2N7O3S/c1-47(45,46)10-8-19-11-22(13-24(35)12-19)29-32-28(7-9-38-29)40-33(41-32)31-26-15-21(16-27(36)30(26)42-43-31)23-14-25(18-37-17-23)39-34(44)20-5-3-2-4-6-20/h2-7,9,11-18H,8,10H2,1H3,(H,39,44)(H,40,41)(H,42,43). The minimum Gasteiger partial charge on any atom is -0.336 e. The maximum Gasteiger partial charge on any atom is 0.255 e. The number of pyridine rings is 2. The molecule has 10 nitrogen and oxygen atoms in total. The highest BCUT2D eigenvalue weighted by Crippen LogP contribution is 2.34. The van der Waals surface area contributed by atoms with Gasteiger partial charge in [0.15, 0.2) is 5.82 Å². The lowest BCUT2D eigenvalue weighted by Crippen LogP contribution is -2.11. The summed E-state index contributed by atoms with van der Waals surface area (Å²) in [5.74, 6) is -1.17. The maximum absolute atomic E-state index is 15.4. The molecule has 13 heteroatoms. The number of carbonyl (C=O) groups is 1. The molecule has 3 aromatic carbocycles. The predicted molar refractivity (Wildman–Crippen MR) is 175 cm³/mol. The van der Waals surface area contributed by atoms with E-state index in [9.17, 15) is 17.6 Å². The number of rotatable bonds is 8. The quantitative estimate of drug-likeness (QED) is 0.174. The van der Waals surface area contributed by atoms with Crippen molar-refractivity contribution in [1.29, 1.82) is 0 Å². The van der Waals surface area contributed by atoms with E-state index in [1.54, 1.807) is 60.9 Å². The minimum atomic E-state index is -3.24. The number of hydrogen-bond acceptors (Lipinski definition) is 7. The third-order valence-electron chi connectivity index (χ3n) is 7.61. The van der Waals surface area contributed by atoms with Gasteiger partial charge in [-0.15, -0.1) is 0 Å². The van der Waals surface area contributed by atoms with Crippen LogP contribution in [-0.4, -0.2) is 56.5 Å². The third-order valence-corrected chi connectivity index (χ3v) is 8.55. The van der Waals surface area contributed by atoms with E-state index in [1.807, 2.05) is 6.07 Å². The number of H-pyrrole nitrogens is 2. The van der Waals surface area contributed by atoms with Crippen LogP contribution in [0.15, 0.2) is 91.4 Å². The number of imidazole rings is 1. The van der Waals surface area contributed by atoms with E-state index in [-0.39, 0.29) is 23.6 Å². The molecule has 0 aliphatic carbocycles. The van der Waals surface area contributed by atoms with Crippen LogP contribution in [0.4, 0.5) is 14.5 Å². The second-order valence-electron chi connectivity index (χ2n) is 11.1. The van der Waals surface area contributed by atoms with Crippen LogP contribution in [0.3, 0.4) is 0 Å². The summed E-state index contributed by atoms with van der Waals surface area (Å²) in [6.07, 6.45) is 5.92. The molecule has 47 heavy (non-hydrogen) atoms. The Morgan fingerprint density at radius 3 is 2.55 bits per heavy atom. The normalized spacial score (nSPS) is 11.7. The number of nitrogens with zero attached hydrogens (tertiary/aromatic N) is 4. The summed E-state index contributed by atoms with van der Waals surface area (Å²) in [7, 11) is -3.24. The number of carbonyl (C=O) groups excluding carboxylic acids is 1. The fraction of sp³-hybridized carbons (Fsp3) is 0.0882. The summed E-state index contributed by atoms with van der Waals surface area (Å²) in [6.45, 7) is 0. The van der Waals surface area contributed by atoms with Gasteiger partial charge in [0.05, 0.1) is 28.8 Å². The molecule has 0 atom stereocenters. The Morgan fingerprint density at radius 2 is 1.74 bits per heavy atom. The maximum atomic E-state index is 15.4. The smallest absolute Gasteiger partial charge is 0.255 e. The number of aryl methyl sites for hydroxylation is 1. The van der Waals surface area contributed by atoms with Crippen molar-refractivity contribution in [3.8, 4) is 33.9 Å². The van der Waals surface area contributed by atoms with E-state index in [0.717, 1.165) is 6.26 Å². The van der Waals surface area contributed by atoms with Gasteiger partial charge in [-0.05, 0) is 72.1 Å². The van der Waals surface area contributed by atoms with Gasteiger partial charge in [-0.2, -0.15) is 5.10 Å². The van der Waals surface area contributed by atoms with E-state index in [0.29, 0.717) is 67.1 Å². The molecule has 0 aliphatic rings. The van der Waals surface area contributed by atoms with Crippen LogP contribution < -0.4 is 5.32 Å². The Labute approximate surface area is 266 Å². The number of nitrogens with one attached hydrogen (secondary N) is 3. The second kappa shape index (κ2) is 11.8. The Bertz CT molecular complexity index is 2430. The van der Waals surface area contributed by atoms with Crippen molar-refractivity contribution in [3.05, 3.63) is 114 Å². The molecule has 234 valence electrons. The highest BCUT2D eigenvalue weighted by atomic mass is 32.2. The third kappa shape index (κ3) is 6.20. The molecule has 4 aromatic heterocycles. The SMILES string of the molecule is CS(=O)(=O)CCc1cc(F)cc(-c2nccc3[nH]c(-c4n[nH]c5c(F)cc(-c6cncc(NC(=O)c7ccccc7)c6)cc45)nc23)c1. The molecule has 3 N–H and O–H groups in total. The van der Waals surface area contributed by atoms with Gasteiger partial charge in [-0.3, -0.25) is 19.9 Å².